The predicted octanol–water partition coefficient (Wildman–Crippen LogP) is 3.76. The van der Waals surface area contributed by atoms with Crippen molar-refractivity contribution < 1.29 is 0 Å². The van der Waals surface area contributed by atoms with Gasteiger partial charge in [0.25, 0.3) is 0 Å². The van der Waals surface area contributed by atoms with Crippen molar-refractivity contribution in [1.29, 1.82) is 0 Å². The molecule has 3 rings (SSSR count). The first-order valence-corrected chi connectivity index (χ1v) is 5.45. The molecule has 0 spiro atoms. The van der Waals surface area contributed by atoms with E-state index in [1.807, 2.05) is 5.51 Å². The van der Waals surface area contributed by atoms with Gasteiger partial charge in [0, 0.05) is 5.39 Å². The molecule has 1 aromatic heterocycles. The highest BCUT2D eigenvalue weighted by Gasteiger charge is 2.01. The second-order valence-corrected chi connectivity index (χ2v) is 4.35. The van der Waals surface area contributed by atoms with E-state index in [1.54, 1.807) is 11.3 Å². The zero-order valence-electron chi connectivity index (χ0n) is 7.82. The molecule has 0 aliphatic heterocycles. The molecule has 1 heterocycles. The summed E-state index contributed by atoms with van der Waals surface area (Å²) in [6.45, 7) is 2.12. The maximum atomic E-state index is 4.31. The van der Waals surface area contributed by atoms with E-state index >= 15 is 0 Å². The molecule has 0 saturated heterocycles. The van der Waals surface area contributed by atoms with Crippen LogP contribution in [0, 0.1) is 6.92 Å². The third-order valence-electron chi connectivity index (χ3n) is 2.47. The van der Waals surface area contributed by atoms with Crippen LogP contribution in [0.3, 0.4) is 0 Å². The molecule has 68 valence electrons. The van der Waals surface area contributed by atoms with Gasteiger partial charge in [-0.2, -0.15) is 0 Å². The summed E-state index contributed by atoms with van der Waals surface area (Å²) in [5, 5.41) is 2.62. The summed E-state index contributed by atoms with van der Waals surface area (Å²) in [6, 6.07) is 10.8. The van der Waals surface area contributed by atoms with Gasteiger partial charge in [-0.05, 0) is 18.4 Å². The Balaban J connectivity index is 2.57. The average Bonchev–Trinajstić information content (AvgIpc) is 2.65. The van der Waals surface area contributed by atoms with Crippen LogP contribution in [0.1, 0.15) is 5.56 Å². The van der Waals surface area contributed by atoms with Crippen LogP contribution in [0.25, 0.3) is 21.0 Å². The number of hydrogen-bond acceptors (Lipinski definition) is 2. The van der Waals surface area contributed by atoms with Gasteiger partial charge >= 0.3 is 0 Å². The fourth-order valence-electron chi connectivity index (χ4n) is 1.77. The van der Waals surface area contributed by atoms with E-state index in [1.165, 1.54) is 21.0 Å². The molecular formula is C12H9NS. The molecule has 0 bridgehead atoms. The second-order valence-electron chi connectivity index (χ2n) is 3.49. The maximum Gasteiger partial charge on any atom is 0.0818 e. The Hall–Kier alpha value is -1.41. The summed E-state index contributed by atoms with van der Waals surface area (Å²) < 4.78 is 1.29. The van der Waals surface area contributed by atoms with Gasteiger partial charge in [-0.15, -0.1) is 11.3 Å². The van der Waals surface area contributed by atoms with Crippen LogP contribution in [0.4, 0.5) is 0 Å². The van der Waals surface area contributed by atoms with E-state index < -0.39 is 0 Å². The fourth-order valence-corrected chi connectivity index (χ4v) is 2.60. The van der Waals surface area contributed by atoms with Crippen molar-refractivity contribution >= 4 is 32.3 Å². The first-order chi connectivity index (χ1) is 6.84. The lowest BCUT2D eigenvalue weighted by atomic mass is 10.1. The van der Waals surface area contributed by atoms with E-state index in [0.29, 0.717) is 0 Å². The molecule has 0 saturated carbocycles. The average molecular weight is 199 g/mol. The highest BCUT2D eigenvalue weighted by Crippen LogP contribution is 2.28. The smallest absolute Gasteiger partial charge is 0.0818 e. The van der Waals surface area contributed by atoms with Gasteiger partial charge in [-0.25, -0.2) is 4.98 Å². The van der Waals surface area contributed by atoms with Crippen molar-refractivity contribution in [3.63, 3.8) is 0 Å². The van der Waals surface area contributed by atoms with Crippen molar-refractivity contribution in [3.8, 4) is 0 Å². The van der Waals surface area contributed by atoms with E-state index in [2.05, 4.69) is 42.2 Å². The fraction of sp³-hybridized carbons (Fsp3) is 0.0833. The minimum atomic E-state index is 1.10. The Morgan fingerprint density at radius 2 is 2.07 bits per heavy atom. The van der Waals surface area contributed by atoms with Gasteiger partial charge in [0.15, 0.2) is 0 Å². The summed E-state index contributed by atoms with van der Waals surface area (Å²) in [4.78, 5) is 4.31. The molecule has 3 aromatic rings. The number of rotatable bonds is 0. The third kappa shape index (κ3) is 1.04. The van der Waals surface area contributed by atoms with Gasteiger partial charge in [-0.1, -0.05) is 29.8 Å². The topological polar surface area (TPSA) is 12.9 Å². The molecule has 1 nitrogen and oxygen atoms in total. The van der Waals surface area contributed by atoms with Gasteiger partial charge < -0.3 is 0 Å². The lowest BCUT2D eigenvalue weighted by molar-refractivity contribution is 1.49. The summed E-state index contributed by atoms with van der Waals surface area (Å²) in [5.74, 6) is 0. The molecule has 0 aliphatic carbocycles. The number of aromatic nitrogens is 1. The number of nitrogens with zero attached hydrogens (tertiary/aromatic N) is 1. The number of aryl methyl sites for hydroxylation is 1. The Bertz CT molecular complexity index is 610. The lowest BCUT2D eigenvalue weighted by Crippen LogP contribution is -1.76. The number of benzene rings is 2. The summed E-state index contributed by atoms with van der Waals surface area (Å²) >= 11 is 1.71. The van der Waals surface area contributed by atoms with Crippen molar-refractivity contribution in [2.45, 2.75) is 6.92 Å². The minimum absolute atomic E-state index is 1.10. The minimum Gasteiger partial charge on any atom is -0.245 e. The van der Waals surface area contributed by atoms with Gasteiger partial charge in [-0.3, -0.25) is 0 Å². The molecule has 2 heteroatoms. The van der Waals surface area contributed by atoms with Crippen molar-refractivity contribution in [1.82, 2.24) is 4.98 Å². The summed E-state index contributed by atoms with van der Waals surface area (Å²) in [6.07, 6.45) is 0. The molecular weight excluding hydrogens is 190 g/mol. The Kier molecular flexibility index (Phi) is 1.58. The van der Waals surface area contributed by atoms with Crippen LogP contribution >= 0.6 is 11.3 Å². The number of thiazole rings is 1. The number of fused-ring (bicyclic) bond motifs is 3. The summed E-state index contributed by atoms with van der Waals surface area (Å²) in [7, 11) is 0. The van der Waals surface area contributed by atoms with Crippen molar-refractivity contribution in [2.75, 3.05) is 0 Å². The van der Waals surface area contributed by atoms with E-state index in [4.69, 9.17) is 0 Å². The van der Waals surface area contributed by atoms with Crippen LogP contribution < -0.4 is 0 Å². The van der Waals surface area contributed by atoms with Crippen LogP contribution in [-0.2, 0) is 0 Å². The van der Waals surface area contributed by atoms with Crippen molar-refractivity contribution in [2.24, 2.45) is 0 Å². The molecule has 2 aromatic carbocycles. The molecule has 0 aliphatic rings. The zero-order valence-corrected chi connectivity index (χ0v) is 8.64. The summed E-state index contributed by atoms with van der Waals surface area (Å²) in [5.41, 5.74) is 4.32. The molecule has 0 atom stereocenters. The predicted molar refractivity (Wildman–Crippen MR) is 61.9 cm³/mol. The Morgan fingerprint density at radius 1 is 1.14 bits per heavy atom. The Morgan fingerprint density at radius 3 is 3.00 bits per heavy atom. The van der Waals surface area contributed by atoms with E-state index in [9.17, 15) is 0 Å². The SMILES string of the molecule is Cc1ccc2c(ccc3ncsc32)c1. The Labute approximate surface area is 86.0 Å². The van der Waals surface area contributed by atoms with E-state index in [-0.39, 0.29) is 0 Å². The molecule has 14 heavy (non-hydrogen) atoms. The molecule has 0 unspecified atom stereocenters. The second kappa shape index (κ2) is 2.79. The van der Waals surface area contributed by atoms with Crippen LogP contribution in [0.2, 0.25) is 0 Å². The van der Waals surface area contributed by atoms with Crippen molar-refractivity contribution in [3.05, 3.63) is 41.4 Å². The highest BCUT2D eigenvalue weighted by molar-refractivity contribution is 7.17. The first-order valence-electron chi connectivity index (χ1n) is 4.57. The highest BCUT2D eigenvalue weighted by atomic mass is 32.1. The van der Waals surface area contributed by atoms with Crippen LogP contribution in [0.15, 0.2) is 35.8 Å². The molecule has 0 fully saturated rings. The largest absolute Gasteiger partial charge is 0.245 e. The van der Waals surface area contributed by atoms with Gasteiger partial charge in [0.2, 0.25) is 0 Å². The number of hydrogen-bond donors (Lipinski definition) is 0. The van der Waals surface area contributed by atoms with Gasteiger partial charge in [0.05, 0.1) is 15.7 Å². The zero-order chi connectivity index (χ0) is 9.54. The standard InChI is InChI=1S/C12H9NS/c1-8-2-4-10-9(6-8)3-5-11-12(10)14-7-13-11/h2-7H,1H3. The third-order valence-corrected chi connectivity index (χ3v) is 3.34. The molecule has 0 radical (unpaired) electrons. The normalized spacial score (nSPS) is 11.2. The van der Waals surface area contributed by atoms with Crippen LogP contribution in [0.5, 0.6) is 0 Å². The van der Waals surface area contributed by atoms with Gasteiger partial charge in [0.1, 0.15) is 0 Å². The molecule has 0 N–H and O–H groups in total. The monoisotopic (exact) mass is 199 g/mol. The lowest BCUT2D eigenvalue weighted by Gasteiger charge is -1.99. The molecule has 0 amide bonds. The quantitative estimate of drug-likeness (QED) is 0.537. The maximum absolute atomic E-state index is 4.31. The first kappa shape index (κ1) is 7.94. The van der Waals surface area contributed by atoms with E-state index in [0.717, 1.165) is 5.52 Å². The van der Waals surface area contributed by atoms with Crippen LogP contribution in [-0.4, -0.2) is 4.98 Å².